The van der Waals surface area contributed by atoms with Gasteiger partial charge in [0.1, 0.15) is 4.88 Å². The van der Waals surface area contributed by atoms with Crippen LogP contribution in [-0.4, -0.2) is 23.0 Å². The highest BCUT2D eigenvalue weighted by Gasteiger charge is 2.30. The van der Waals surface area contributed by atoms with Crippen molar-refractivity contribution in [1.29, 1.82) is 0 Å². The minimum Gasteiger partial charge on any atom is -0.345 e. The zero-order chi connectivity index (χ0) is 13.2. The second-order valence-electron chi connectivity index (χ2n) is 4.88. The summed E-state index contributed by atoms with van der Waals surface area (Å²) in [6.07, 6.45) is 0. The lowest BCUT2D eigenvalue weighted by Crippen LogP contribution is -2.54. The summed E-state index contributed by atoms with van der Waals surface area (Å²) >= 11 is 1.42. The van der Waals surface area contributed by atoms with Gasteiger partial charge >= 0.3 is 0 Å². The first-order valence-electron chi connectivity index (χ1n) is 5.76. The van der Waals surface area contributed by atoms with Crippen molar-refractivity contribution in [2.45, 2.75) is 40.2 Å². The molecule has 19 heavy (non-hydrogen) atoms. The third-order valence-electron chi connectivity index (χ3n) is 3.21. The number of aryl methyl sites for hydroxylation is 2. The lowest BCUT2D eigenvalue weighted by molar-refractivity contribution is 0.0886. The van der Waals surface area contributed by atoms with Crippen molar-refractivity contribution >= 4 is 42.1 Å². The van der Waals surface area contributed by atoms with Crippen molar-refractivity contribution in [2.24, 2.45) is 11.7 Å². The Bertz CT molecular complexity index is 423. The predicted octanol–water partition coefficient (Wildman–Crippen LogP) is 2.71. The summed E-state index contributed by atoms with van der Waals surface area (Å²) in [6, 6.07) is 0. The minimum absolute atomic E-state index is 0. The lowest BCUT2D eigenvalue weighted by atomic mass is 9.88. The fraction of sp³-hybridized carbons (Fsp3) is 0.667. The summed E-state index contributed by atoms with van der Waals surface area (Å²) in [5.41, 5.74) is 6.16. The van der Waals surface area contributed by atoms with Gasteiger partial charge in [-0.25, -0.2) is 4.98 Å². The largest absolute Gasteiger partial charge is 0.345 e. The van der Waals surface area contributed by atoms with E-state index >= 15 is 0 Å². The van der Waals surface area contributed by atoms with Crippen LogP contribution in [0.1, 0.15) is 41.1 Å². The molecule has 0 saturated heterocycles. The van der Waals surface area contributed by atoms with Crippen LogP contribution in [0, 0.1) is 19.8 Å². The van der Waals surface area contributed by atoms with Gasteiger partial charge in [-0.2, -0.15) is 0 Å². The molecule has 0 bridgehead atoms. The van der Waals surface area contributed by atoms with E-state index in [0.717, 1.165) is 10.7 Å². The Kier molecular flexibility index (Phi) is 8.87. The van der Waals surface area contributed by atoms with Crippen LogP contribution in [0.25, 0.3) is 0 Å². The van der Waals surface area contributed by atoms with Crippen LogP contribution in [0.5, 0.6) is 0 Å². The molecular weight excluding hydrogens is 305 g/mol. The summed E-state index contributed by atoms with van der Waals surface area (Å²) in [6.45, 7) is 10.3. The zero-order valence-electron chi connectivity index (χ0n) is 11.9. The Balaban J connectivity index is 0. The summed E-state index contributed by atoms with van der Waals surface area (Å²) in [4.78, 5) is 17.1. The van der Waals surface area contributed by atoms with Crippen LogP contribution in [0.2, 0.25) is 0 Å². The van der Waals surface area contributed by atoms with Crippen LogP contribution in [0.3, 0.4) is 0 Å². The van der Waals surface area contributed by atoms with E-state index in [1.807, 2.05) is 20.8 Å². The molecule has 0 saturated carbocycles. The molecule has 0 aliphatic rings. The average Bonchev–Trinajstić information content (AvgIpc) is 2.57. The van der Waals surface area contributed by atoms with Crippen LogP contribution in [-0.2, 0) is 0 Å². The fourth-order valence-electron chi connectivity index (χ4n) is 1.49. The highest BCUT2D eigenvalue weighted by molar-refractivity contribution is 7.13. The number of rotatable bonds is 4. The van der Waals surface area contributed by atoms with Gasteiger partial charge in [0.15, 0.2) is 0 Å². The Labute approximate surface area is 131 Å². The van der Waals surface area contributed by atoms with Gasteiger partial charge in [-0.3, -0.25) is 4.79 Å². The Morgan fingerprint density at radius 2 is 1.95 bits per heavy atom. The summed E-state index contributed by atoms with van der Waals surface area (Å²) < 4.78 is 0. The lowest BCUT2D eigenvalue weighted by Gasteiger charge is -2.33. The summed E-state index contributed by atoms with van der Waals surface area (Å²) in [7, 11) is 0. The summed E-state index contributed by atoms with van der Waals surface area (Å²) in [5, 5.41) is 3.93. The van der Waals surface area contributed by atoms with Crippen molar-refractivity contribution < 1.29 is 4.79 Å². The SMILES string of the molecule is Cc1nc(C)c(C(=O)NC(C)(CN)C(C)C)s1.Cl.Cl. The van der Waals surface area contributed by atoms with Crippen molar-refractivity contribution in [3.63, 3.8) is 0 Å². The molecule has 1 rings (SSSR count). The van der Waals surface area contributed by atoms with Crippen LogP contribution in [0.15, 0.2) is 0 Å². The number of carbonyl (C=O) groups excluding carboxylic acids is 1. The van der Waals surface area contributed by atoms with Gasteiger partial charge in [-0.05, 0) is 26.7 Å². The number of hydrogen-bond acceptors (Lipinski definition) is 4. The molecule has 0 aromatic carbocycles. The van der Waals surface area contributed by atoms with Gasteiger partial charge in [0, 0.05) is 6.54 Å². The zero-order valence-corrected chi connectivity index (χ0v) is 14.4. The molecule has 1 aromatic heterocycles. The number of nitrogens with zero attached hydrogens (tertiary/aromatic N) is 1. The quantitative estimate of drug-likeness (QED) is 0.893. The predicted molar refractivity (Wildman–Crippen MR) is 85.8 cm³/mol. The highest BCUT2D eigenvalue weighted by atomic mass is 35.5. The Hall–Kier alpha value is -0.360. The number of halogens is 2. The molecule has 0 spiro atoms. The van der Waals surface area contributed by atoms with Gasteiger partial charge in [0.25, 0.3) is 5.91 Å². The standard InChI is InChI=1S/C12H21N3OS.2ClH/c1-7(2)12(5,6-13)15-11(16)10-8(3)14-9(4)17-10;;/h7H,6,13H2,1-5H3,(H,15,16);2*1H. The molecule has 0 radical (unpaired) electrons. The molecule has 1 aromatic rings. The second-order valence-corrected chi connectivity index (χ2v) is 6.08. The monoisotopic (exact) mass is 327 g/mol. The van der Waals surface area contributed by atoms with E-state index in [9.17, 15) is 4.79 Å². The molecule has 1 amide bonds. The first-order valence-corrected chi connectivity index (χ1v) is 6.58. The minimum atomic E-state index is -0.374. The number of nitrogens with two attached hydrogens (primary N) is 1. The molecule has 3 N–H and O–H groups in total. The smallest absolute Gasteiger partial charge is 0.263 e. The maximum Gasteiger partial charge on any atom is 0.263 e. The van der Waals surface area contributed by atoms with E-state index < -0.39 is 0 Å². The van der Waals surface area contributed by atoms with E-state index in [-0.39, 0.29) is 42.2 Å². The van der Waals surface area contributed by atoms with Gasteiger partial charge in [0.2, 0.25) is 0 Å². The molecule has 112 valence electrons. The van der Waals surface area contributed by atoms with Gasteiger partial charge in [0.05, 0.1) is 16.2 Å². The molecule has 1 unspecified atom stereocenters. The molecule has 1 heterocycles. The van der Waals surface area contributed by atoms with E-state index in [0.29, 0.717) is 11.4 Å². The molecule has 4 nitrogen and oxygen atoms in total. The van der Waals surface area contributed by atoms with Crippen molar-refractivity contribution in [3.05, 3.63) is 15.6 Å². The molecular formula is C12H23Cl2N3OS. The topological polar surface area (TPSA) is 68.0 Å². The van der Waals surface area contributed by atoms with Crippen molar-refractivity contribution in [1.82, 2.24) is 10.3 Å². The summed E-state index contributed by atoms with van der Waals surface area (Å²) in [5.74, 6) is 0.209. The number of nitrogens with one attached hydrogen (secondary N) is 1. The number of aromatic nitrogens is 1. The van der Waals surface area contributed by atoms with E-state index in [1.54, 1.807) is 0 Å². The van der Waals surface area contributed by atoms with Crippen molar-refractivity contribution in [2.75, 3.05) is 6.54 Å². The average molecular weight is 328 g/mol. The Morgan fingerprint density at radius 1 is 1.42 bits per heavy atom. The number of hydrogen-bond donors (Lipinski definition) is 2. The van der Waals surface area contributed by atoms with Crippen molar-refractivity contribution in [3.8, 4) is 0 Å². The maximum absolute atomic E-state index is 12.2. The van der Waals surface area contributed by atoms with Crippen LogP contribution < -0.4 is 11.1 Å². The third-order valence-corrected chi connectivity index (χ3v) is 4.28. The number of carbonyl (C=O) groups is 1. The van der Waals surface area contributed by atoms with E-state index in [1.165, 1.54) is 11.3 Å². The first kappa shape index (κ1) is 20.9. The van der Waals surface area contributed by atoms with Crippen LogP contribution >= 0.6 is 36.2 Å². The van der Waals surface area contributed by atoms with Gasteiger partial charge < -0.3 is 11.1 Å². The normalized spacial score (nSPS) is 13.2. The Morgan fingerprint density at radius 3 is 2.26 bits per heavy atom. The fourth-order valence-corrected chi connectivity index (χ4v) is 2.30. The maximum atomic E-state index is 12.2. The van der Waals surface area contributed by atoms with E-state index in [2.05, 4.69) is 24.1 Å². The number of thiazole rings is 1. The molecule has 0 aliphatic heterocycles. The number of amides is 1. The van der Waals surface area contributed by atoms with Gasteiger partial charge in [-0.1, -0.05) is 13.8 Å². The third kappa shape index (κ3) is 4.91. The molecule has 1 atom stereocenters. The molecule has 7 heteroatoms. The van der Waals surface area contributed by atoms with E-state index in [4.69, 9.17) is 5.73 Å². The van der Waals surface area contributed by atoms with Crippen LogP contribution in [0.4, 0.5) is 0 Å². The first-order chi connectivity index (χ1) is 7.80. The van der Waals surface area contributed by atoms with Gasteiger partial charge in [-0.15, -0.1) is 36.2 Å². The highest BCUT2D eigenvalue weighted by Crippen LogP contribution is 2.20. The second kappa shape index (κ2) is 8.04. The molecule has 0 aliphatic carbocycles. The molecule has 0 fully saturated rings.